The van der Waals surface area contributed by atoms with Crippen molar-refractivity contribution in [3.8, 4) is 22.8 Å². The molecular formula is C13H15N3O2. The molecule has 1 heterocycles. The van der Waals surface area contributed by atoms with Crippen LogP contribution in [0.5, 0.6) is 11.5 Å². The van der Waals surface area contributed by atoms with E-state index in [0.29, 0.717) is 11.5 Å². The van der Waals surface area contributed by atoms with Gasteiger partial charge in [0.25, 0.3) is 0 Å². The second-order valence-corrected chi connectivity index (χ2v) is 3.85. The highest BCUT2D eigenvalue weighted by atomic mass is 16.5. The minimum Gasteiger partial charge on any atom is -0.497 e. The average molecular weight is 245 g/mol. The highest BCUT2D eigenvalue weighted by Gasteiger charge is 2.07. The Morgan fingerprint density at radius 2 is 1.56 bits per heavy atom. The Morgan fingerprint density at radius 1 is 0.944 bits per heavy atom. The standard InChI is InChI=1S/C13H15N3O2/c1-8-4-12(16-13(14)15-8)9-5-10(17-2)7-11(6-9)18-3/h4-7H,1-3H3,(H2,14,15,16). The SMILES string of the molecule is COc1cc(OC)cc(-c2cc(C)nc(N)n2)c1. The lowest BCUT2D eigenvalue weighted by Gasteiger charge is -2.08. The number of methoxy groups -OCH3 is 2. The molecule has 2 aromatic rings. The van der Waals surface area contributed by atoms with E-state index in [4.69, 9.17) is 15.2 Å². The summed E-state index contributed by atoms with van der Waals surface area (Å²) < 4.78 is 10.4. The summed E-state index contributed by atoms with van der Waals surface area (Å²) in [5.41, 5.74) is 8.10. The number of rotatable bonds is 3. The molecule has 0 saturated carbocycles. The summed E-state index contributed by atoms with van der Waals surface area (Å²) in [6.45, 7) is 1.87. The number of hydrogen-bond donors (Lipinski definition) is 1. The van der Waals surface area contributed by atoms with Crippen LogP contribution in [-0.2, 0) is 0 Å². The lowest BCUT2D eigenvalue weighted by Crippen LogP contribution is -1.98. The zero-order valence-corrected chi connectivity index (χ0v) is 10.6. The number of ether oxygens (including phenoxy) is 2. The number of nitrogen functional groups attached to an aromatic ring is 1. The first kappa shape index (κ1) is 12.2. The average Bonchev–Trinajstić information content (AvgIpc) is 2.37. The molecule has 1 aromatic heterocycles. The number of nitrogens with zero attached hydrogens (tertiary/aromatic N) is 2. The first-order chi connectivity index (χ1) is 8.62. The van der Waals surface area contributed by atoms with Crippen LogP contribution in [0.3, 0.4) is 0 Å². The van der Waals surface area contributed by atoms with E-state index in [2.05, 4.69) is 9.97 Å². The van der Waals surface area contributed by atoms with Gasteiger partial charge < -0.3 is 15.2 Å². The summed E-state index contributed by atoms with van der Waals surface area (Å²) in [7, 11) is 3.22. The maximum atomic E-state index is 5.65. The Morgan fingerprint density at radius 3 is 2.06 bits per heavy atom. The van der Waals surface area contributed by atoms with E-state index in [-0.39, 0.29) is 5.95 Å². The van der Waals surface area contributed by atoms with Crippen LogP contribution < -0.4 is 15.2 Å². The summed E-state index contributed by atoms with van der Waals surface area (Å²) in [6, 6.07) is 7.43. The zero-order valence-electron chi connectivity index (χ0n) is 10.6. The van der Waals surface area contributed by atoms with E-state index < -0.39 is 0 Å². The second kappa shape index (κ2) is 4.91. The second-order valence-electron chi connectivity index (χ2n) is 3.85. The van der Waals surface area contributed by atoms with E-state index in [0.717, 1.165) is 17.0 Å². The fraction of sp³-hybridized carbons (Fsp3) is 0.231. The Labute approximate surface area is 106 Å². The van der Waals surface area contributed by atoms with E-state index >= 15 is 0 Å². The Kier molecular flexibility index (Phi) is 3.32. The highest BCUT2D eigenvalue weighted by molar-refractivity contribution is 5.65. The van der Waals surface area contributed by atoms with Gasteiger partial charge in [-0.25, -0.2) is 9.97 Å². The van der Waals surface area contributed by atoms with Crippen molar-refractivity contribution < 1.29 is 9.47 Å². The van der Waals surface area contributed by atoms with Gasteiger partial charge in [-0.1, -0.05) is 0 Å². The largest absolute Gasteiger partial charge is 0.497 e. The van der Waals surface area contributed by atoms with Crippen LogP contribution in [-0.4, -0.2) is 24.2 Å². The maximum absolute atomic E-state index is 5.65. The predicted octanol–water partition coefficient (Wildman–Crippen LogP) is 2.05. The number of aryl methyl sites for hydroxylation is 1. The lowest BCUT2D eigenvalue weighted by atomic mass is 10.1. The molecule has 0 aliphatic heterocycles. The molecule has 0 amide bonds. The van der Waals surface area contributed by atoms with Crippen LogP contribution in [0.25, 0.3) is 11.3 Å². The van der Waals surface area contributed by atoms with Gasteiger partial charge in [0.2, 0.25) is 5.95 Å². The first-order valence-corrected chi connectivity index (χ1v) is 5.47. The van der Waals surface area contributed by atoms with Gasteiger partial charge in [0.05, 0.1) is 19.9 Å². The zero-order chi connectivity index (χ0) is 13.1. The van der Waals surface area contributed by atoms with Gasteiger partial charge >= 0.3 is 0 Å². The third-order valence-corrected chi connectivity index (χ3v) is 2.52. The molecule has 0 fully saturated rings. The summed E-state index contributed by atoms with van der Waals surface area (Å²) >= 11 is 0. The lowest BCUT2D eigenvalue weighted by molar-refractivity contribution is 0.394. The van der Waals surface area contributed by atoms with Crippen molar-refractivity contribution in [2.45, 2.75) is 6.92 Å². The number of benzene rings is 1. The molecule has 0 aliphatic carbocycles. The van der Waals surface area contributed by atoms with Crippen molar-refractivity contribution in [1.82, 2.24) is 9.97 Å². The minimum absolute atomic E-state index is 0.256. The molecule has 5 heteroatoms. The van der Waals surface area contributed by atoms with Crippen LogP contribution in [0.15, 0.2) is 24.3 Å². The first-order valence-electron chi connectivity index (χ1n) is 5.47. The van der Waals surface area contributed by atoms with E-state index in [1.54, 1.807) is 20.3 Å². The van der Waals surface area contributed by atoms with Crippen LogP contribution in [0, 0.1) is 6.92 Å². The molecule has 2 N–H and O–H groups in total. The van der Waals surface area contributed by atoms with Crippen molar-refractivity contribution in [2.75, 3.05) is 20.0 Å². The van der Waals surface area contributed by atoms with E-state index in [1.165, 1.54) is 0 Å². The molecular weight excluding hydrogens is 230 g/mol. The quantitative estimate of drug-likeness (QED) is 0.896. The van der Waals surface area contributed by atoms with Gasteiger partial charge in [-0.2, -0.15) is 0 Å². The summed E-state index contributed by atoms with van der Waals surface area (Å²) in [5.74, 6) is 1.67. The van der Waals surface area contributed by atoms with Crippen molar-refractivity contribution in [1.29, 1.82) is 0 Å². The monoisotopic (exact) mass is 245 g/mol. The topological polar surface area (TPSA) is 70.3 Å². The Hall–Kier alpha value is -2.30. The molecule has 0 unspecified atom stereocenters. The smallest absolute Gasteiger partial charge is 0.220 e. The van der Waals surface area contributed by atoms with Crippen molar-refractivity contribution in [3.63, 3.8) is 0 Å². The molecule has 0 aliphatic rings. The Bertz CT molecular complexity index is 528. The predicted molar refractivity (Wildman–Crippen MR) is 69.7 cm³/mol. The normalized spacial score (nSPS) is 10.2. The van der Waals surface area contributed by atoms with Gasteiger partial charge in [-0.3, -0.25) is 0 Å². The maximum Gasteiger partial charge on any atom is 0.220 e. The van der Waals surface area contributed by atoms with Crippen molar-refractivity contribution >= 4 is 5.95 Å². The number of aromatic nitrogens is 2. The van der Waals surface area contributed by atoms with Crippen LogP contribution >= 0.6 is 0 Å². The van der Waals surface area contributed by atoms with Crippen molar-refractivity contribution in [3.05, 3.63) is 30.0 Å². The molecule has 0 bridgehead atoms. The molecule has 5 nitrogen and oxygen atoms in total. The van der Waals surface area contributed by atoms with Crippen LogP contribution in [0.4, 0.5) is 5.95 Å². The highest BCUT2D eigenvalue weighted by Crippen LogP contribution is 2.29. The molecule has 18 heavy (non-hydrogen) atoms. The third-order valence-electron chi connectivity index (χ3n) is 2.52. The number of hydrogen-bond acceptors (Lipinski definition) is 5. The molecule has 1 aromatic carbocycles. The van der Waals surface area contributed by atoms with Gasteiger partial charge in [0, 0.05) is 17.3 Å². The van der Waals surface area contributed by atoms with Crippen LogP contribution in [0.2, 0.25) is 0 Å². The fourth-order valence-electron chi connectivity index (χ4n) is 1.69. The van der Waals surface area contributed by atoms with Crippen LogP contribution in [0.1, 0.15) is 5.69 Å². The molecule has 94 valence electrons. The van der Waals surface area contributed by atoms with Crippen molar-refractivity contribution in [2.24, 2.45) is 0 Å². The van der Waals surface area contributed by atoms with Gasteiger partial charge in [0.15, 0.2) is 0 Å². The summed E-state index contributed by atoms with van der Waals surface area (Å²) in [5, 5.41) is 0. The fourth-order valence-corrected chi connectivity index (χ4v) is 1.69. The van der Waals surface area contributed by atoms with Gasteiger partial charge in [-0.15, -0.1) is 0 Å². The van der Waals surface area contributed by atoms with E-state index in [9.17, 15) is 0 Å². The summed E-state index contributed by atoms with van der Waals surface area (Å²) in [6.07, 6.45) is 0. The molecule has 0 spiro atoms. The van der Waals surface area contributed by atoms with E-state index in [1.807, 2.05) is 25.1 Å². The summed E-state index contributed by atoms with van der Waals surface area (Å²) in [4.78, 5) is 8.26. The molecule has 0 atom stereocenters. The minimum atomic E-state index is 0.256. The number of anilines is 1. The molecule has 2 rings (SSSR count). The molecule has 0 radical (unpaired) electrons. The third kappa shape index (κ3) is 2.51. The Balaban J connectivity index is 2.55. The van der Waals surface area contributed by atoms with Gasteiger partial charge in [0.1, 0.15) is 11.5 Å². The number of nitrogens with two attached hydrogens (primary N) is 1. The molecule has 0 saturated heterocycles. The van der Waals surface area contributed by atoms with Gasteiger partial charge in [-0.05, 0) is 25.1 Å².